The molecule has 8 heavy (non-hydrogen) atoms. The highest BCUT2D eigenvalue weighted by Gasteiger charge is 2.04. The normalized spacial score (nSPS) is 12.5. The Morgan fingerprint density at radius 3 is 2.75 bits per heavy atom. The number of hydrogen-bond acceptors (Lipinski definition) is 2. The van der Waals surface area contributed by atoms with E-state index in [0.29, 0.717) is 0 Å². The second-order valence-electron chi connectivity index (χ2n) is 1.26. The third-order valence-electron chi connectivity index (χ3n) is 0.643. The first kappa shape index (κ1) is 7.80. The molecular weight excluding hydrogens is 123 g/mol. The first-order chi connectivity index (χ1) is 3.81. The Morgan fingerprint density at radius 1 is 1.75 bits per heavy atom. The molecule has 0 aliphatic heterocycles. The zero-order valence-electron chi connectivity index (χ0n) is 5.13. The van der Waals surface area contributed by atoms with E-state index in [1.165, 1.54) is 7.11 Å². The molecule has 0 spiro atoms. The van der Waals surface area contributed by atoms with E-state index in [0.717, 1.165) is 6.42 Å². The van der Waals surface area contributed by atoms with Gasteiger partial charge >= 0.3 is 8.03 Å². The van der Waals surface area contributed by atoms with Crippen molar-refractivity contribution in [2.45, 2.75) is 13.3 Å². The quantitative estimate of drug-likeness (QED) is 0.552. The zero-order valence-corrected chi connectivity index (χ0v) is 6.02. The van der Waals surface area contributed by atoms with Gasteiger partial charge < -0.3 is 0 Å². The average molecular weight is 133 g/mol. The van der Waals surface area contributed by atoms with Crippen LogP contribution in [0.3, 0.4) is 0 Å². The van der Waals surface area contributed by atoms with E-state index in [2.05, 4.69) is 4.52 Å². The van der Waals surface area contributed by atoms with Crippen molar-refractivity contribution in [1.82, 2.24) is 0 Å². The van der Waals surface area contributed by atoms with E-state index in [1.807, 2.05) is 13.0 Å². The highest BCUT2D eigenvalue weighted by molar-refractivity contribution is 7.42. The van der Waals surface area contributed by atoms with Gasteiger partial charge in [0, 0.05) is 0 Å². The zero-order chi connectivity index (χ0) is 6.41. The minimum absolute atomic E-state index is 0.907. The smallest absolute Gasteiger partial charge is 0.146 e. The highest BCUT2D eigenvalue weighted by Crippen LogP contribution is 2.21. The lowest BCUT2D eigenvalue weighted by Crippen LogP contribution is -1.59. The largest absolute Gasteiger partial charge is 0.540 e. The van der Waals surface area contributed by atoms with Crippen molar-refractivity contribution in [1.29, 1.82) is 0 Å². The molecule has 2 nitrogen and oxygen atoms in total. The third-order valence-corrected chi connectivity index (χ3v) is 1.46. The molecule has 3 heteroatoms. The van der Waals surface area contributed by atoms with Crippen molar-refractivity contribution in [2.24, 2.45) is 0 Å². The van der Waals surface area contributed by atoms with Gasteiger partial charge in [0.1, 0.15) is 0 Å². The first-order valence-electron chi connectivity index (χ1n) is 2.48. The molecule has 46 valence electrons. The minimum Gasteiger partial charge on any atom is -0.146 e. The van der Waals surface area contributed by atoms with Crippen LogP contribution in [0.4, 0.5) is 0 Å². The van der Waals surface area contributed by atoms with Crippen LogP contribution in [0.25, 0.3) is 0 Å². The fourth-order valence-corrected chi connectivity index (χ4v) is 0.757. The Labute approximate surface area is 50.4 Å². The van der Waals surface area contributed by atoms with Crippen LogP contribution in [0.15, 0.2) is 11.9 Å². The van der Waals surface area contributed by atoms with Crippen LogP contribution >= 0.6 is 8.03 Å². The van der Waals surface area contributed by atoms with Gasteiger partial charge in [-0.25, -0.2) is 0 Å². The van der Waals surface area contributed by atoms with Crippen LogP contribution in [-0.2, 0) is 9.09 Å². The van der Waals surface area contributed by atoms with E-state index < -0.39 is 8.03 Å². The molecule has 0 radical (unpaired) electrons. The molecule has 0 bridgehead atoms. The van der Waals surface area contributed by atoms with E-state index >= 15 is 0 Å². The molecule has 1 unspecified atom stereocenters. The van der Waals surface area contributed by atoms with Crippen LogP contribution in [-0.4, -0.2) is 7.11 Å². The fraction of sp³-hybridized carbons (Fsp3) is 0.600. The molecule has 0 rings (SSSR count). The maximum Gasteiger partial charge on any atom is 0.540 e. The van der Waals surface area contributed by atoms with Crippen LogP contribution in [0.2, 0.25) is 0 Å². The van der Waals surface area contributed by atoms with Gasteiger partial charge in [-0.2, -0.15) is 0 Å². The van der Waals surface area contributed by atoms with E-state index in [1.54, 1.807) is 5.82 Å². The average Bonchev–Trinajstić information content (AvgIpc) is 1.83. The van der Waals surface area contributed by atoms with Crippen LogP contribution in [0.1, 0.15) is 13.3 Å². The summed E-state index contributed by atoms with van der Waals surface area (Å²) in [6.45, 7) is 1.98. The van der Waals surface area contributed by atoms with Gasteiger partial charge in [0.25, 0.3) is 0 Å². The van der Waals surface area contributed by atoms with Crippen LogP contribution in [0, 0.1) is 0 Å². The lowest BCUT2D eigenvalue weighted by atomic mass is 10.5. The predicted molar refractivity (Wildman–Crippen MR) is 34.0 cm³/mol. The van der Waals surface area contributed by atoms with E-state index in [9.17, 15) is 4.57 Å². The summed E-state index contributed by atoms with van der Waals surface area (Å²) in [6, 6.07) is 0. The lowest BCUT2D eigenvalue weighted by molar-refractivity contribution is 0.422. The van der Waals surface area contributed by atoms with Crippen molar-refractivity contribution in [3.05, 3.63) is 11.9 Å². The molecule has 0 fully saturated rings. The summed E-state index contributed by atoms with van der Waals surface area (Å²) < 4.78 is 14.9. The summed E-state index contributed by atoms with van der Waals surface area (Å²) >= 11 is 0. The molecule has 0 amide bonds. The van der Waals surface area contributed by atoms with Gasteiger partial charge in [-0.15, -0.1) is 4.52 Å². The maximum atomic E-state index is 10.4. The summed E-state index contributed by atoms with van der Waals surface area (Å²) in [7, 11) is -0.0855. The molecule has 0 aliphatic rings. The minimum atomic E-state index is -1.51. The molecule has 0 heterocycles. The number of hydrogen-bond donors (Lipinski definition) is 0. The second-order valence-corrected chi connectivity index (χ2v) is 2.49. The first-order valence-corrected chi connectivity index (χ1v) is 3.73. The van der Waals surface area contributed by atoms with Crippen molar-refractivity contribution in [3.8, 4) is 0 Å². The van der Waals surface area contributed by atoms with Crippen molar-refractivity contribution in [3.63, 3.8) is 0 Å². The SMILES string of the molecule is CCC=C[P+](=O)OC. The molecular formula is C5H10O2P+. The van der Waals surface area contributed by atoms with E-state index in [4.69, 9.17) is 0 Å². The molecule has 0 aromatic heterocycles. The molecule has 0 aromatic rings. The Kier molecular flexibility index (Phi) is 4.82. The standard InChI is InChI=1S/C5H10O2P/c1-3-4-5-8(6)7-2/h4-5H,3H2,1-2H3/q+1. The van der Waals surface area contributed by atoms with Gasteiger partial charge in [-0.1, -0.05) is 6.92 Å². The Bertz CT molecular complexity index is 98.6. The summed E-state index contributed by atoms with van der Waals surface area (Å²) in [6.07, 6.45) is 2.73. The summed E-state index contributed by atoms with van der Waals surface area (Å²) in [5.41, 5.74) is 0. The molecule has 0 saturated heterocycles. The Hall–Kier alpha value is -0.200. The van der Waals surface area contributed by atoms with E-state index in [-0.39, 0.29) is 0 Å². The lowest BCUT2D eigenvalue weighted by Gasteiger charge is -1.68. The van der Waals surface area contributed by atoms with Crippen molar-refractivity contribution >= 4 is 8.03 Å². The summed E-state index contributed by atoms with van der Waals surface area (Å²) in [5, 5.41) is 0. The summed E-state index contributed by atoms with van der Waals surface area (Å²) in [5.74, 6) is 1.56. The molecule has 0 aliphatic carbocycles. The molecule has 0 aromatic carbocycles. The van der Waals surface area contributed by atoms with Gasteiger partial charge in [0.05, 0.1) is 7.11 Å². The Balaban J connectivity index is 3.37. The van der Waals surface area contributed by atoms with Crippen LogP contribution in [0.5, 0.6) is 0 Å². The van der Waals surface area contributed by atoms with Gasteiger partial charge in [0.2, 0.25) is 0 Å². The number of allylic oxidation sites excluding steroid dienone is 1. The van der Waals surface area contributed by atoms with Gasteiger partial charge in [-0.05, 0) is 17.1 Å². The monoisotopic (exact) mass is 133 g/mol. The van der Waals surface area contributed by atoms with Crippen LogP contribution < -0.4 is 0 Å². The summed E-state index contributed by atoms with van der Waals surface area (Å²) in [4.78, 5) is 0. The topological polar surface area (TPSA) is 26.3 Å². The highest BCUT2D eigenvalue weighted by atomic mass is 31.1. The second kappa shape index (κ2) is 4.95. The fourth-order valence-electron chi connectivity index (χ4n) is 0.252. The van der Waals surface area contributed by atoms with Gasteiger partial charge in [0.15, 0.2) is 5.82 Å². The predicted octanol–water partition coefficient (Wildman–Crippen LogP) is 2.30. The Morgan fingerprint density at radius 2 is 2.38 bits per heavy atom. The van der Waals surface area contributed by atoms with Crippen molar-refractivity contribution < 1.29 is 9.09 Å². The maximum absolute atomic E-state index is 10.4. The van der Waals surface area contributed by atoms with Crippen molar-refractivity contribution in [2.75, 3.05) is 7.11 Å². The molecule has 1 atom stereocenters. The number of rotatable bonds is 3. The molecule has 0 N–H and O–H groups in total. The molecule has 0 saturated carbocycles. The van der Waals surface area contributed by atoms with Gasteiger partial charge in [-0.3, -0.25) is 0 Å². The third kappa shape index (κ3) is 3.97.